The quantitative estimate of drug-likeness (QED) is 0.883. The second kappa shape index (κ2) is 5.90. The Morgan fingerprint density at radius 2 is 2.00 bits per heavy atom. The van der Waals surface area contributed by atoms with Crippen molar-refractivity contribution in [1.29, 1.82) is 0 Å². The zero-order chi connectivity index (χ0) is 14.8. The van der Waals surface area contributed by atoms with Crippen LogP contribution in [0.2, 0.25) is 0 Å². The van der Waals surface area contributed by atoms with E-state index in [1.54, 1.807) is 0 Å². The van der Waals surface area contributed by atoms with Gasteiger partial charge in [0.2, 0.25) is 0 Å². The van der Waals surface area contributed by atoms with Crippen LogP contribution in [0.1, 0.15) is 41.0 Å². The van der Waals surface area contributed by atoms with Crippen LogP contribution < -0.4 is 10.1 Å². The number of nitrogens with zero attached hydrogens (tertiary/aromatic N) is 1. The number of hydrogen-bond donors (Lipinski definition) is 1. The highest BCUT2D eigenvalue weighted by atomic mass is 16.5. The Kier molecular flexibility index (Phi) is 3.97. The molecule has 0 unspecified atom stereocenters. The minimum Gasteiger partial charge on any atom is -0.485 e. The number of rotatable bonds is 6. The van der Waals surface area contributed by atoms with Crippen molar-refractivity contribution in [2.24, 2.45) is 0 Å². The van der Waals surface area contributed by atoms with E-state index >= 15 is 0 Å². The van der Waals surface area contributed by atoms with Crippen molar-refractivity contribution in [3.63, 3.8) is 0 Å². The summed E-state index contributed by atoms with van der Waals surface area (Å²) in [7, 11) is 0. The van der Waals surface area contributed by atoms with Crippen LogP contribution in [0.15, 0.2) is 22.7 Å². The molecule has 1 aliphatic carbocycles. The predicted molar refractivity (Wildman–Crippen MR) is 81.3 cm³/mol. The van der Waals surface area contributed by atoms with Gasteiger partial charge in [0.05, 0.1) is 5.69 Å². The van der Waals surface area contributed by atoms with Crippen LogP contribution in [0.3, 0.4) is 0 Å². The molecule has 3 rings (SSSR count). The predicted octanol–water partition coefficient (Wildman–Crippen LogP) is 3.43. The Hall–Kier alpha value is -1.81. The Bertz CT molecular complexity index is 630. The van der Waals surface area contributed by atoms with E-state index in [4.69, 9.17) is 9.26 Å². The van der Waals surface area contributed by atoms with Crippen LogP contribution in [-0.2, 0) is 13.2 Å². The number of ether oxygens (including phenoxy) is 1. The number of nitrogens with one attached hydrogen (secondary N) is 1. The van der Waals surface area contributed by atoms with Gasteiger partial charge in [0.1, 0.15) is 12.4 Å². The Labute approximate surface area is 125 Å². The molecule has 0 bridgehead atoms. The number of aromatic nitrogens is 1. The third-order valence-corrected chi connectivity index (χ3v) is 3.99. The fourth-order valence-corrected chi connectivity index (χ4v) is 2.33. The van der Waals surface area contributed by atoms with Gasteiger partial charge >= 0.3 is 0 Å². The second-order valence-electron chi connectivity index (χ2n) is 5.88. The van der Waals surface area contributed by atoms with Crippen LogP contribution in [0.5, 0.6) is 5.75 Å². The molecule has 1 N–H and O–H groups in total. The highest BCUT2D eigenvalue weighted by Gasteiger charge is 2.20. The van der Waals surface area contributed by atoms with E-state index in [1.165, 1.54) is 24.0 Å². The molecule has 21 heavy (non-hydrogen) atoms. The summed E-state index contributed by atoms with van der Waals surface area (Å²) in [6, 6.07) is 6.85. The molecule has 1 aromatic heterocycles. The van der Waals surface area contributed by atoms with Crippen molar-refractivity contribution in [2.45, 2.75) is 52.8 Å². The maximum atomic E-state index is 5.93. The van der Waals surface area contributed by atoms with Crippen LogP contribution in [0.25, 0.3) is 0 Å². The summed E-state index contributed by atoms with van der Waals surface area (Å²) in [6.45, 7) is 7.44. The van der Waals surface area contributed by atoms with Gasteiger partial charge in [-0.2, -0.15) is 0 Å². The van der Waals surface area contributed by atoms with E-state index in [9.17, 15) is 0 Å². The maximum Gasteiger partial charge on any atom is 0.174 e. The average molecular weight is 286 g/mol. The molecule has 0 aliphatic heterocycles. The lowest BCUT2D eigenvalue weighted by Crippen LogP contribution is -2.15. The van der Waals surface area contributed by atoms with Crippen molar-refractivity contribution >= 4 is 0 Å². The second-order valence-corrected chi connectivity index (χ2v) is 5.88. The third kappa shape index (κ3) is 3.45. The standard InChI is InChI=1S/C17H22N2O2/c1-11-4-5-12(2)17(13(11)3)20-10-16-8-15(19-21-16)9-18-14-6-7-14/h4-5,8,14,18H,6-7,9-10H2,1-3H3. The summed E-state index contributed by atoms with van der Waals surface area (Å²) in [6.07, 6.45) is 2.56. The Balaban J connectivity index is 1.60. The monoisotopic (exact) mass is 286 g/mol. The minimum atomic E-state index is 0.418. The Morgan fingerprint density at radius 3 is 2.76 bits per heavy atom. The molecule has 0 atom stereocenters. The maximum absolute atomic E-state index is 5.93. The van der Waals surface area contributed by atoms with Gasteiger partial charge in [-0.3, -0.25) is 0 Å². The molecule has 112 valence electrons. The van der Waals surface area contributed by atoms with Gasteiger partial charge in [-0.15, -0.1) is 0 Å². The topological polar surface area (TPSA) is 47.3 Å². The van der Waals surface area contributed by atoms with E-state index in [0.29, 0.717) is 12.6 Å². The van der Waals surface area contributed by atoms with Gasteiger partial charge in [0.25, 0.3) is 0 Å². The summed E-state index contributed by atoms with van der Waals surface area (Å²) < 4.78 is 11.3. The van der Waals surface area contributed by atoms with E-state index < -0.39 is 0 Å². The average Bonchev–Trinajstić information content (AvgIpc) is 3.20. The molecule has 1 fully saturated rings. The van der Waals surface area contributed by atoms with Crippen molar-refractivity contribution in [3.05, 3.63) is 46.3 Å². The zero-order valence-electron chi connectivity index (χ0n) is 12.9. The summed E-state index contributed by atoms with van der Waals surface area (Å²) in [5.41, 5.74) is 4.51. The molecule has 0 radical (unpaired) electrons. The van der Waals surface area contributed by atoms with Gasteiger partial charge in [-0.05, 0) is 50.3 Å². The lowest BCUT2D eigenvalue weighted by Gasteiger charge is -2.12. The molecule has 1 aliphatic rings. The summed E-state index contributed by atoms with van der Waals surface area (Å²) in [5, 5.41) is 7.50. The molecule has 1 saturated carbocycles. The fourth-order valence-electron chi connectivity index (χ4n) is 2.33. The minimum absolute atomic E-state index is 0.418. The van der Waals surface area contributed by atoms with Gasteiger partial charge < -0.3 is 14.6 Å². The summed E-state index contributed by atoms with van der Waals surface area (Å²) >= 11 is 0. The first kappa shape index (κ1) is 14.1. The third-order valence-electron chi connectivity index (χ3n) is 3.99. The highest BCUT2D eigenvalue weighted by molar-refractivity contribution is 5.44. The molecule has 1 heterocycles. The zero-order valence-corrected chi connectivity index (χ0v) is 12.9. The van der Waals surface area contributed by atoms with E-state index in [1.807, 2.05) is 6.07 Å². The first-order valence-electron chi connectivity index (χ1n) is 7.51. The normalized spacial score (nSPS) is 14.4. The largest absolute Gasteiger partial charge is 0.485 e. The van der Waals surface area contributed by atoms with Gasteiger partial charge in [0.15, 0.2) is 5.76 Å². The molecule has 0 spiro atoms. The SMILES string of the molecule is Cc1ccc(C)c(OCc2cc(CNC3CC3)no2)c1C. The fraction of sp³-hybridized carbons (Fsp3) is 0.471. The molecule has 4 nitrogen and oxygen atoms in total. The first-order valence-corrected chi connectivity index (χ1v) is 7.51. The van der Waals surface area contributed by atoms with Gasteiger partial charge in [-0.25, -0.2) is 0 Å². The first-order chi connectivity index (χ1) is 10.1. The van der Waals surface area contributed by atoms with Crippen molar-refractivity contribution in [2.75, 3.05) is 0 Å². The van der Waals surface area contributed by atoms with E-state index in [0.717, 1.165) is 29.3 Å². The number of benzene rings is 1. The molecule has 0 saturated heterocycles. The smallest absolute Gasteiger partial charge is 0.174 e. The van der Waals surface area contributed by atoms with Crippen LogP contribution >= 0.6 is 0 Å². The van der Waals surface area contributed by atoms with Crippen LogP contribution in [0.4, 0.5) is 0 Å². The van der Waals surface area contributed by atoms with Crippen LogP contribution in [0, 0.1) is 20.8 Å². The molecule has 4 heteroatoms. The lowest BCUT2D eigenvalue weighted by molar-refractivity contribution is 0.245. The summed E-state index contributed by atoms with van der Waals surface area (Å²) in [5.74, 6) is 1.71. The number of hydrogen-bond acceptors (Lipinski definition) is 4. The molecular weight excluding hydrogens is 264 g/mol. The van der Waals surface area contributed by atoms with Crippen molar-refractivity contribution in [3.8, 4) is 5.75 Å². The summed E-state index contributed by atoms with van der Waals surface area (Å²) in [4.78, 5) is 0. The lowest BCUT2D eigenvalue weighted by atomic mass is 10.1. The van der Waals surface area contributed by atoms with Crippen molar-refractivity contribution in [1.82, 2.24) is 10.5 Å². The van der Waals surface area contributed by atoms with Crippen molar-refractivity contribution < 1.29 is 9.26 Å². The molecule has 2 aromatic rings. The van der Waals surface area contributed by atoms with E-state index in [-0.39, 0.29) is 0 Å². The van der Waals surface area contributed by atoms with E-state index in [2.05, 4.69) is 43.4 Å². The molecule has 1 aromatic carbocycles. The van der Waals surface area contributed by atoms with Crippen LogP contribution in [-0.4, -0.2) is 11.2 Å². The molecular formula is C17H22N2O2. The van der Waals surface area contributed by atoms with Gasteiger partial charge in [-0.1, -0.05) is 17.3 Å². The van der Waals surface area contributed by atoms with Gasteiger partial charge in [0, 0.05) is 18.7 Å². The highest BCUT2D eigenvalue weighted by Crippen LogP contribution is 2.26. The molecule has 0 amide bonds. The number of aryl methyl sites for hydroxylation is 2. The Morgan fingerprint density at radius 1 is 1.24 bits per heavy atom.